The lowest BCUT2D eigenvalue weighted by atomic mass is 10.3. The third kappa shape index (κ3) is 2.16. The van der Waals surface area contributed by atoms with E-state index in [0.717, 1.165) is 11.3 Å². The molecule has 1 aromatic carbocycles. The smallest absolute Gasteiger partial charge is 0.280 e. The summed E-state index contributed by atoms with van der Waals surface area (Å²) in [5, 5.41) is 0.472. The van der Waals surface area contributed by atoms with Crippen molar-refractivity contribution >= 4 is 59.2 Å². The highest BCUT2D eigenvalue weighted by molar-refractivity contribution is 9.10. The highest BCUT2D eigenvalue weighted by Gasteiger charge is 2.17. The van der Waals surface area contributed by atoms with Crippen LogP contribution in [0.15, 0.2) is 20.9 Å². The molecule has 0 saturated carbocycles. The molecule has 0 saturated heterocycles. The molecule has 0 aliphatic heterocycles. The predicted molar refractivity (Wildman–Crippen MR) is 62.1 cm³/mol. The van der Waals surface area contributed by atoms with Gasteiger partial charge in [0.05, 0.1) is 10.2 Å². The quantitative estimate of drug-likeness (QED) is 0.817. The molecule has 8 heteroatoms. The first-order chi connectivity index (χ1) is 6.88. The largest absolute Gasteiger partial charge is 0.322 e. The Morgan fingerprint density at radius 2 is 2.13 bits per heavy atom. The van der Waals surface area contributed by atoms with Gasteiger partial charge in [0.1, 0.15) is 0 Å². The molecule has 0 aliphatic carbocycles. The molecule has 0 fully saturated rings. The van der Waals surface area contributed by atoms with Gasteiger partial charge in [-0.05, 0) is 28.1 Å². The van der Waals surface area contributed by atoms with Crippen LogP contribution in [0.2, 0.25) is 5.02 Å². The fourth-order valence-corrected chi connectivity index (χ4v) is 3.80. The van der Waals surface area contributed by atoms with Crippen LogP contribution in [0.4, 0.5) is 0 Å². The molecule has 0 bridgehead atoms. The molecule has 15 heavy (non-hydrogen) atoms. The monoisotopic (exact) mass is 327 g/mol. The number of fused-ring (bicyclic) bond motifs is 1. The van der Waals surface area contributed by atoms with E-state index >= 15 is 0 Å². The molecule has 0 radical (unpaired) electrons. The van der Waals surface area contributed by atoms with Gasteiger partial charge in [0, 0.05) is 9.50 Å². The Morgan fingerprint density at radius 1 is 1.47 bits per heavy atom. The van der Waals surface area contributed by atoms with Crippen molar-refractivity contribution in [1.82, 2.24) is 4.98 Å². The molecule has 0 atom stereocenters. The van der Waals surface area contributed by atoms with E-state index in [1.54, 1.807) is 12.1 Å². The molecule has 4 nitrogen and oxygen atoms in total. The molecular weight excluding hydrogens is 326 g/mol. The number of hydrogen-bond acceptors (Lipinski definition) is 4. The van der Waals surface area contributed by atoms with Gasteiger partial charge in [-0.25, -0.2) is 4.98 Å². The molecular formula is C7H3BrClNO3S2. The second-order valence-electron chi connectivity index (χ2n) is 2.69. The van der Waals surface area contributed by atoms with Gasteiger partial charge in [0.25, 0.3) is 0 Å². The zero-order valence-electron chi connectivity index (χ0n) is 6.94. The number of halogens is 2. The number of hydrogen-bond donors (Lipinski definition) is 1. The van der Waals surface area contributed by atoms with Crippen LogP contribution in [0.1, 0.15) is 0 Å². The maximum absolute atomic E-state index is 10.9. The minimum Gasteiger partial charge on any atom is -0.280 e. The van der Waals surface area contributed by atoms with E-state index < -0.39 is 10.1 Å². The second-order valence-corrected chi connectivity index (χ2v) is 6.61. The van der Waals surface area contributed by atoms with E-state index in [1.807, 2.05) is 0 Å². The van der Waals surface area contributed by atoms with Crippen molar-refractivity contribution in [3.63, 3.8) is 0 Å². The normalized spacial score (nSPS) is 12.2. The van der Waals surface area contributed by atoms with Gasteiger partial charge in [-0.1, -0.05) is 11.6 Å². The summed E-state index contributed by atoms with van der Waals surface area (Å²) in [7, 11) is -4.25. The van der Waals surface area contributed by atoms with Crippen LogP contribution >= 0.6 is 38.9 Å². The SMILES string of the molecule is O=S(=O)(O)c1nc2c(Br)cc(Cl)cc2s1. The Balaban J connectivity index is 2.82. The Bertz CT molecular complexity index is 637. The van der Waals surface area contributed by atoms with E-state index in [9.17, 15) is 8.42 Å². The highest BCUT2D eigenvalue weighted by atomic mass is 79.9. The van der Waals surface area contributed by atoms with Crippen molar-refractivity contribution in [1.29, 1.82) is 0 Å². The lowest BCUT2D eigenvalue weighted by molar-refractivity contribution is 0.482. The molecule has 2 rings (SSSR count). The van der Waals surface area contributed by atoms with E-state index in [4.69, 9.17) is 16.2 Å². The van der Waals surface area contributed by atoms with Crippen LogP contribution in [-0.2, 0) is 10.1 Å². The number of rotatable bonds is 1. The van der Waals surface area contributed by atoms with E-state index in [2.05, 4.69) is 20.9 Å². The molecule has 1 heterocycles. The molecule has 80 valence electrons. The van der Waals surface area contributed by atoms with Crippen LogP contribution in [0.3, 0.4) is 0 Å². The highest BCUT2D eigenvalue weighted by Crippen LogP contribution is 2.33. The number of nitrogens with zero attached hydrogens (tertiary/aromatic N) is 1. The average Bonchev–Trinajstić information content (AvgIpc) is 2.46. The molecule has 0 amide bonds. The Morgan fingerprint density at radius 3 is 2.73 bits per heavy atom. The third-order valence-corrected chi connectivity index (χ3v) is 4.65. The number of thiazole rings is 1. The van der Waals surface area contributed by atoms with Gasteiger partial charge in [-0.3, -0.25) is 4.55 Å². The maximum Gasteiger partial charge on any atom is 0.322 e. The molecule has 1 aromatic heterocycles. The van der Waals surface area contributed by atoms with Crippen LogP contribution in [0, 0.1) is 0 Å². The van der Waals surface area contributed by atoms with Crippen LogP contribution in [0.5, 0.6) is 0 Å². The zero-order chi connectivity index (χ0) is 11.2. The Kier molecular flexibility index (Phi) is 2.76. The summed E-state index contributed by atoms with van der Waals surface area (Å²) in [6, 6.07) is 3.20. The van der Waals surface area contributed by atoms with Crippen LogP contribution < -0.4 is 0 Å². The molecule has 2 aromatic rings. The Hall–Kier alpha value is -0.210. The first kappa shape index (κ1) is 11.3. The molecule has 1 N–H and O–H groups in total. The minimum absolute atomic E-state index is 0.333. The van der Waals surface area contributed by atoms with Crippen molar-refractivity contribution < 1.29 is 13.0 Å². The topological polar surface area (TPSA) is 67.3 Å². The lowest BCUT2D eigenvalue weighted by Crippen LogP contribution is -1.95. The number of benzene rings is 1. The minimum atomic E-state index is -4.25. The second kappa shape index (κ2) is 3.67. The summed E-state index contributed by atoms with van der Waals surface area (Å²) in [6.45, 7) is 0. The van der Waals surface area contributed by atoms with Crippen molar-refractivity contribution in [2.24, 2.45) is 0 Å². The summed E-state index contributed by atoms with van der Waals surface area (Å²) in [5.74, 6) is 0. The summed E-state index contributed by atoms with van der Waals surface area (Å²) in [5.41, 5.74) is 0.469. The third-order valence-electron chi connectivity index (χ3n) is 1.61. The van der Waals surface area contributed by atoms with Crippen molar-refractivity contribution in [2.75, 3.05) is 0 Å². The predicted octanol–water partition coefficient (Wildman–Crippen LogP) is 2.96. The lowest BCUT2D eigenvalue weighted by Gasteiger charge is -1.92. The molecule has 0 spiro atoms. The van der Waals surface area contributed by atoms with Gasteiger partial charge in [0.2, 0.25) is 4.34 Å². The van der Waals surface area contributed by atoms with Gasteiger partial charge in [-0.15, -0.1) is 11.3 Å². The summed E-state index contributed by atoms with van der Waals surface area (Å²) >= 11 is 9.86. The molecule has 0 unspecified atom stereocenters. The van der Waals surface area contributed by atoms with Crippen LogP contribution in [-0.4, -0.2) is 18.0 Å². The summed E-state index contributed by atoms with van der Waals surface area (Å²) in [4.78, 5) is 3.80. The van der Waals surface area contributed by atoms with Gasteiger partial charge in [0.15, 0.2) is 0 Å². The average molecular weight is 329 g/mol. The van der Waals surface area contributed by atoms with Crippen LogP contribution in [0.25, 0.3) is 10.2 Å². The maximum atomic E-state index is 10.9. The summed E-state index contributed by atoms with van der Waals surface area (Å²) in [6.07, 6.45) is 0. The van der Waals surface area contributed by atoms with Gasteiger partial charge < -0.3 is 0 Å². The first-order valence-electron chi connectivity index (χ1n) is 3.61. The van der Waals surface area contributed by atoms with E-state index in [1.165, 1.54) is 0 Å². The van der Waals surface area contributed by atoms with Crippen molar-refractivity contribution in [3.05, 3.63) is 21.6 Å². The number of aromatic nitrogens is 1. The summed E-state index contributed by atoms with van der Waals surface area (Å²) < 4.78 is 31.4. The standard InChI is InChI=1S/C7H3BrClNO3S2/c8-4-1-3(9)2-5-6(4)10-7(14-5)15(11,12)13/h1-2H,(H,11,12,13). The fraction of sp³-hybridized carbons (Fsp3) is 0. The van der Waals surface area contributed by atoms with E-state index in [0.29, 0.717) is 19.7 Å². The fourth-order valence-electron chi connectivity index (χ4n) is 1.05. The van der Waals surface area contributed by atoms with Gasteiger partial charge in [-0.2, -0.15) is 8.42 Å². The van der Waals surface area contributed by atoms with Crippen molar-refractivity contribution in [2.45, 2.75) is 4.34 Å². The first-order valence-corrected chi connectivity index (χ1v) is 7.04. The molecule has 0 aliphatic rings. The zero-order valence-corrected chi connectivity index (χ0v) is 10.9. The van der Waals surface area contributed by atoms with E-state index in [-0.39, 0.29) is 4.34 Å². The van der Waals surface area contributed by atoms with Gasteiger partial charge >= 0.3 is 10.1 Å². The Labute approximate surface area is 103 Å². The van der Waals surface area contributed by atoms with Crippen molar-refractivity contribution in [3.8, 4) is 0 Å².